The number of aliphatic hydroxyl groups is 1. The Bertz CT molecular complexity index is 252. The highest BCUT2D eigenvalue weighted by molar-refractivity contribution is 9.10. The minimum atomic E-state index is -0.694. The summed E-state index contributed by atoms with van der Waals surface area (Å²) in [5, 5.41) is 13.1. The Morgan fingerprint density at radius 1 is 1.50 bits per heavy atom. The minimum absolute atomic E-state index is 0.0699. The van der Waals surface area contributed by atoms with Crippen LogP contribution in [0.1, 0.15) is 46.5 Å². The summed E-state index contributed by atoms with van der Waals surface area (Å²) in [6, 6.07) is 0. The molecular formula is C12H22BrNO2. The molecule has 0 unspecified atom stereocenters. The third kappa shape index (κ3) is 4.06. The fraction of sp³-hybridized carbons (Fsp3) is 0.917. The molecule has 1 amide bonds. The highest BCUT2D eigenvalue weighted by atomic mass is 79.9. The maximum atomic E-state index is 11.6. The van der Waals surface area contributed by atoms with Crippen LogP contribution < -0.4 is 5.32 Å². The van der Waals surface area contributed by atoms with Gasteiger partial charge in [0.15, 0.2) is 0 Å². The van der Waals surface area contributed by atoms with Crippen LogP contribution in [0, 0.1) is 5.92 Å². The summed E-state index contributed by atoms with van der Waals surface area (Å²) in [6.07, 6.45) is 3.67. The van der Waals surface area contributed by atoms with Gasteiger partial charge in [-0.05, 0) is 45.4 Å². The maximum absolute atomic E-state index is 11.6. The van der Waals surface area contributed by atoms with Gasteiger partial charge in [0.1, 0.15) is 0 Å². The Labute approximate surface area is 106 Å². The zero-order valence-electron chi connectivity index (χ0n) is 10.3. The summed E-state index contributed by atoms with van der Waals surface area (Å²) in [5.74, 6) is 0.628. The lowest BCUT2D eigenvalue weighted by molar-refractivity contribution is -0.124. The Hall–Kier alpha value is -0.0900. The molecule has 0 spiro atoms. The summed E-state index contributed by atoms with van der Waals surface area (Å²) in [6.45, 7) is 6.18. The first-order valence-electron chi connectivity index (χ1n) is 5.92. The molecule has 1 aliphatic rings. The van der Waals surface area contributed by atoms with Crippen molar-refractivity contribution < 1.29 is 9.90 Å². The van der Waals surface area contributed by atoms with Gasteiger partial charge in [0.25, 0.3) is 0 Å². The van der Waals surface area contributed by atoms with E-state index in [1.54, 1.807) is 13.8 Å². The molecule has 0 aromatic heterocycles. The van der Waals surface area contributed by atoms with Gasteiger partial charge in [0.05, 0.1) is 9.93 Å². The van der Waals surface area contributed by atoms with E-state index >= 15 is 0 Å². The molecule has 1 aliphatic carbocycles. The highest BCUT2D eigenvalue weighted by Crippen LogP contribution is 2.31. The standard InChI is InChI=1S/C12H22BrNO2/c1-9-4-6-12(16,7-5-9)8-14-10(15)11(2,3)13/h9,16H,4-8H2,1-3H3,(H,14,15). The summed E-state index contributed by atoms with van der Waals surface area (Å²) in [5.41, 5.74) is -0.694. The quantitative estimate of drug-likeness (QED) is 0.784. The summed E-state index contributed by atoms with van der Waals surface area (Å²) in [7, 11) is 0. The van der Waals surface area contributed by atoms with Crippen LogP contribution in [-0.4, -0.2) is 27.5 Å². The van der Waals surface area contributed by atoms with Gasteiger partial charge in [-0.2, -0.15) is 0 Å². The van der Waals surface area contributed by atoms with Crippen molar-refractivity contribution in [3.05, 3.63) is 0 Å². The number of amides is 1. The highest BCUT2D eigenvalue weighted by Gasteiger charge is 2.33. The van der Waals surface area contributed by atoms with Gasteiger partial charge in [-0.25, -0.2) is 0 Å². The molecule has 1 saturated carbocycles. The summed E-state index contributed by atoms with van der Waals surface area (Å²) in [4.78, 5) is 11.6. The van der Waals surface area contributed by atoms with Gasteiger partial charge in [-0.15, -0.1) is 0 Å². The summed E-state index contributed by atoms with van der Waals surface area (Å²) >= 11 is 3.30. The Morgan fingerprint density at radius 2 is 2.00 bits per heavy atom. The lowest BCUT2D eigenvalue weighted by atomic mass is 9.79. The third-order valence-electron chi connectivity index (χ3n) is 3.32. The first-order valence-corrected chi connectivity index (χ1v) is 6.72. The minimum Gasteiger partial charge on any atom is -0.388 e. The molecule has 0 aliphatic heterocycles. The monoisotopic (exact) mass is 291 g/mol. The van der Waals surface area contributed by atoms with E-state index in [0.717, 1.165) is 25.7 Å². The maximum Gasteiger partial charge on any atom is 0.236 e. The molecule has 0 bridgehead atoms. The fourth-order valence-electron chi connectivity index (χ4n) is 1.93. The lowest BCUT2D eigenvalue weighted by Gasteiger charge is -2.35. The SMILES string of the molecule is CC1CCC(O)(CNC(=O)C(C)(C)Br)CC1. The molecule has 0 saturated heterocycles. The lowest BCUT2D eigenvalue weighted by Crippen LogP contribution is -2.48. The number of nitrogens with one attached hydrogen (secondary N) is 1. The van der Waals surface area contributed by atoms with Gasteiger partial charge >= 0.3 is 0 Å². The number of carbonyl (C=O) groups is 1. The average molecular weight is 292 g/mol. The second-order valence-electron chi connectivity index (χ2n) is 5.56. The molecular weight excluding hydrogens is 270 g/mol. The summed E-state index contributed by atoms with van der Waals surface area (Å²) < 4.78 is -0.564. The number of halogens is 1. The number of alkyl halides is 1. The molecule has 4 heteroatoms. The van der Waals surface area contributed by atoms with Crippen molar-refractivity contribution in [3.63, 3.8) is 0 Å². The van der Waals surface area contributed by atoms with Gasteiger partial charge in [-0.1, -0.05) is 22.9 Å². The molecule has 1 fully saturated rings. The van der Waals surface area contributed by atoms with Gasteiger partial charge in [-0.3, -0.25) is 4.79 Å². The van der Waals surface area contributed by atoms with E-state index < -0.39 is 9.93 Å². The number of rotatable bonds is 3. The predicted octanol–water partition coefficient (Wildman–Crippen LogP) is 2.22. The predicted molar refractivity (Wildman–Crippen MR) is 68.6 cm³/mol. The zero-order valence-corrected chi connectivity index (χ0v) is 11.9. The van der Waals surface area contributed by atoms with Gasteiger partial charge in [0, 0.05) is 6.54 Å². The van der Waals surface area contributed by atoms with Crippen molar-refractivity contribution >= 4 is 21.8 Å². The third-order valence-corrected chi connectivity index (χ3v) is 3.68. The van der Waals surface area contributed by atoms with Crippen molar-refractivity contribution in [2.75, 3.05) is 6.54 Å². The number of hydrogen-bond donors (Lipinski definition) is 2. The van der Waals surface area contributed by atoms with Crippen LogP contribution in [0.4, 0.5) is 0 Å². The molecule has 94 valence electrons. The largest absolute Gasteiger partial charge is 0.388 e. The van der Waals surface area contributed by atoms with Crippen LogP contribution in [0.15, 0.2) is 0 Å². The van der Waals surface area contributed by atoms with Crippen LogP contribution in [0.2, 0.25) is 0 Å². The molecule has 2 N–H and O–H groups in total. The van der Waals surface area contributed by atoms with Crippen molar-refractivity contribution in [2.45, 2.75) is 56.4 Å². The number of carbonyl (C=O) groups excluding carboxylic acids is 1. The smallest absolute Gasteiger partial charge is 0.236 e. The van der Waals surface area contributed by atoms with Crippen molar-refractivity contribution in [1.82, 2.24) is 5.32 Å². The topological polar surface area (TPSA) is 49.3 Å². The van der Waals surface area contributed by atoms with Crippen molar-refractivity contribution in [2.24, 2.45) is 5.92 Å². The molecule has 0 heterocycles. The molecule has 16 heavy (non-hydrogen) atoms. The molecule has 3 nitrogen and oxygen atoms in total. The van der Waals surface area contributed by atoms with Crippen LogP contribution in [0.25, 0.3) is 0 Å². The van der Waals surface area contributed by atoms with E-state index in [1.807, 2.05) is 0 Å². The van der Waals surface area contributed by atoms with E-state index in [2.05, 4.69) is 28.2 Å². The average Bonchev–Trinajstić information content (AvgIpc) is 2.18. The Balaban J connectivity index is 2.40. The molecule has 0 atom stereocenters. The van der Waals surface area contributed by atoms with E-state index in [-0.39, 0.29) is 5.91 Å². The zero-order chi connectivity index (χ0) is 12.4. The first kappa shape index (κ1) is 14.0. The Morgan fingerprint density at radius 3 is 2.44 bits per heavy atom. The van der Waals surface area contributed by atoms with Gasteiger partial charge < -0.3 is 10.4 Å². The molecule has 0 aromatic rings. The van der Waals surface area contributed by atoms with Crippen LogP contribution in [-0.2, 0) is 4.79 Å². The molecule has 0 aromatic carbocycles. The van der Waals surface area contributed by atoms with E-state index in [9.17, 15) is 9.90 Å². The second kappa shape index (κ2) is 5.05. The van der Waals surface area contributed by atoms with Crippen LogP contribution in [0.5, 0.6) is 0 Å². The van der Waals surface area contributed by atoms with E-state index in [0.29, 0.717) is 12.5 Å². The fourth-order valence-corrected chi connectivity index (χ4v) is 2.07. The normalized spacial score (nSPS) is 31.2. The van der Waals surface area contributed by atoms with Crippen LogP contribution >= 0.6 is 15.9 Å². The van der Waals surface area contributed by atoms with Crippen molar-refractivity contribution in [1.29, 1.82) is 0 Å². The van der Waals surface area contributed by atoms with E-state index in [1.165, 1.54) is 0 Å². The number of hydrogen-bond acceptors (Lipinski definition) is 2. The van der Waals surface area contributed by atoms with Crippen molar-refractivity contribution in [3.8, 4) is 0 Å². The van der Waals surface area contributed by atoms with Crippen LogP contribution in [0.3, 0.4) is 0 Å². The van der Waals surface area contributed by atoms with E-state index in [4.69, 9.17) is 0 Å². The molecule has 1 rings (SSSR count). The first-order chi connectivity index (χ1) is 7.23. The van der Waals surface area contributed by atoms with Gasteiger partial charge in [0.2, 0.25) is 5.91 Å². The molecule has 0 radical (unpaired) electrons. The second-order valence-corrected chi connectivity index (χ2v) is 7.54. The Kier molecular flexibility index (Phi) is 4.41.